The van der Waals surface area contributed by atoms with E-state index in [2.05, 4.69) is 11.6 Å². The molecular formula is C25H25NO3. The van der Waals surface area contributed by atoms with Crippen molar-refractivity contribution in [3.05, 3.63) is 78.0 Å². The third kappa shape index (κ3) is 4.16. The number of aromatic nitrogens is 1. The summed E-state index contributed by atoms with van der Waals surface area (Å²) in [5, 5.41) is 10.9. The molecule has 0 aliphatic heterocycles. The van der Waals surface area contributed by atoms with Crippen LogP contribution < -0.4 is 4.74 Å². The Balaban J connectivity index is 1.53. The van der Waals surface area contributed by atoms with Gasteiger partial charge in [0.05, 0.1) is 17.1 Å². The lowest BCUT2D eigenvalue weighted by Crippen LogP contribution is -2.20. The standard InChI is InChI=1S/C25H25NO3/c1-2-17-15-21(13-14-22(17)24(25(27)28)19-8-3-4-9-19)29-16-20-12-11-18-7-5-6-10-23(18)26-20/h2,5-7,10-15,19,24H,1,3-4,8-9,16H2,(H,27,28). The molecular weight excluding hydrogens is 362 g/mol. The summed E-state index contributed by atoms with van der Waals surface area (Å²) in [7, 11) is 0. The zero-order chi connectivity index (χ0) is 20.2. The first-order valence-corrected chi connectivity index (χ1v) is 10.1. The van der Waals surface area contributed by atoms with Crippen LogP contribution in [0.3, 0.4) is 0 Å². The average Bonchev–Trinajstić information content (AvgIpc) is 3.27. The molecule has 0 spiro atoms. The molecule has 1 aliphatic rings. The van der Waals surface area contributed by atoms with Crippen LogP contribution in [0.2, 0.25) is 0 Å². The first kappa shape index (κ1) is 19.2. The highest BCUT2D eigenvalue weighted by molar-refractivity contribution is 5.79. The average molecular weight is 387 g/mol. The van der Waals surface area contributed by atoms with Gasteiger partial charge in [0.15, 0.2) is 0 Å². The lowest BCUT2D eigenvalue weighted by molar-refractivity contribution is -0.140. The monoisotopic (exact) mass is 387 g/mol. The molecule has 0 saturated heterocycles. The number of carboxylic acids is 1. The van der Waals surface area contributed by atoms with E-state index < -0.39 is 11.9 Å². The second-order valence-corrected chi connectivity index (χ2v) is 7.64. The third-order valence-corrected chi connectivity index (χ3v) is 5.79. The van der Waals surface area contributed by atoms with E-state index >= 15 is 0 Å². The minimum atomic E-state index is -0.756. The number of hydrogen-bond acceptors (Lipinski definition) is 3. The van der Waals surface area contributed by atoms with Gasteiger partial charge in [-0.15, -0.1) is 0 Å². The number of pyridine rings is 1. The largest absolute Gasteiger partial charge is 0.487 e. The minimum absolute atomic E-state index is 0.194. The summed E-state index contributed by atoms with van der Waals surface area (Å²) in [6, 6.07) is 17.6. The van der Waals surface area contributed by atoms with Gasteiger partial charge in [0.2, 0.25) is 0 Å². The summed E-state index contributed by atoms with van der Waals surface area (Å²) in [6.45, 7) is 4.25. The van der Waals surface area contributed by atoms with Crippen LogP contribution >= 0.6 is 0 Å². The lowest BCUT2D eigenvalue weighted by atomic mass is 9.82. The van der Waals surface area contributed by atoms with Crippen molar-refractivity contribution in [1.82, 2.24) is 4.98 Å². The van der Waals surface area contributed by atoms with E-state index in [-0.39, 0.29) is 5.92 Å². The zero-order valence-corrected chi connectivity index (χ0v) is 16.4. The van der Waals surface area contributed by atoms with Crippen LogP contribution in [0.4, 0.5) is 0 Å². The summed E-state index contributed by atoms with van der Waals surface area (Å²) < 4.78 is 5.95. The second-order valence-electron chi connectivity index (χ2n) is 7.64. The van der Waals surface area contributed by atoms with E-state index in [1.165, 1.54) is 0 Å². The number of para-hydroxylation sites is 1. The zero-order valence-electron chi connectivity index (χ0n) is 16.4. The molecule has 4 nitrogen and oxygen atoms in total. The minimum Gasteiger partial charge on any atom is -0.487 e. The maximum absolute atomic E-state index is 12.0. The van der Waals surface area contributed by atoms with E-state index in [1.54, 1.807) is 6.08 Å². The van der Waals surface area contributed by atoms with E-state index in [4.69, 9.17) is 4.74 Å². The van der Waals surface area contributed by atoms with Gasteiger partial charge in [-0.3, -0.25) is 4.79 Å². The molecule has 2 aromatic carbocycles. The Hall–Kier alpha value is -3.14. The SMILES string of the molecule is C=Cc1cc(OCc2ccc3ccccc3n2)ccc1C(C(=O)O)C1CCCC1. The van der Waals surface area contributed by atoms with Gasteiger partial charge in [-0.2, -0.15) is 0 Å². The van der Waals surface area contributed by atoms with E-state index in [0.717, 1.165) is 53.4 Å². The fourth-order valence-corrected chi connectivity index (χ4v) is 4.33. The van der Waals surface area contributed by atoms with Gasteiger partial charge in [0, 0.05) is 5.39 Å². The Bertz CT molecular complexity index is 1040. The van der Waals surface area contributed by atoms with Gasteiger partial charge in [0.1, 0.15) is 12.4 Å². The maximum Gasteiger partial charge on any atom is 0.311 e. The molecule has 1 N–H and O–H groups in total. The van der Waals surface area contributed by atoms with Crippen LogP contribution in [-0.4, -0.2) is 16.1 Å². The van der Waals surface area contributed by atoms with E-state index in [1.807, 2.05) is 54.6 Å². The first-order valence-electron chi connectivity index (χ1n) is 10.1. The molecule has 4 rings (SSSR count). The van der Waals surface area contributed by atoms with Crippen LogP contribution in [0.5, 0.6) is 5.75 Å². The number of aliphatic carboxylic acids is 1. The number of ether oxygens (including phenoxy) is 1. The van der Waals surface area contributed by atoms with Crippen LogP contribution in [0, 0.1) is 5.92 Å². The molecule has 148 valence electrons. The Morgan fingerprint density at radius 1 is 1.17 bits per heavy atom. The highest BCUT2D eigenvalue weighted by atomic mass is 16.5. The van der Waals surface area contributed by atoms with Gasteiger partial charge < -0.3 is 9.84 Å². The van der Waals surface area contributed by atoms with Crippen molar-refractivity contribution in [1.29, 1.82) is 0 Å². The molecule has 0 bridgehead atoms. The molecule has 4 heteroatoms. The number of carboxylic acid groups (broad SMARTS) is 1. The van der Waals surface area contributed by atoms with Crippen LogP contribution in [0.15, 0.2) is 61.2 Å². The Kier molecular flexibility index (Phi) is 5.61. The molecule has 1 unspecified atom stereocenters. The number of fused-ring (bicyclic) bond motifs is 1. The summed E-state index contributed by atoms with van der Waals surface area (Å²) in [4.78, 5) is 16.6. The normalized spacial score (nSPS) is 15.3. The molecule has 0 radical (unpaired) electrons. The molecule has 29 heavy (non-hydrogen) atoms. The molecule has 1 aromatic heterocycles. The second kappa shape index (κ2) is 8.48. The maximum atomic E-state index is 12.0. The first-order chi connectivity index (χ1) is 14.2. The van der Waals surface area contributed by atoms with Gasteiger partial charge >= 0.3 is 5.97 Å². The highest BCUT2D eigenvalue weighted by Crippen LogP contribution is 2.39. The Labute approximate surface area is 170 Å². The van der Waals surface area contributed by atoms with E-state index in [0.29, 0.717) is 12.4 Å². The number of nitrogens with zero attached hydrogens (tertiary/aromatic N) is 1. The van der Waals surface area contributed by atoms with Gasteiger partial charge in [0.25, 0.3) is 0 Å². The van der Waals surface area contributed by atoms with Gasteiger partial charge in [-0.25, -0.2) is 4.98 Å². The number of hydrogen-bond donors (Lipinski definition) is 1. The van der Waals surface area contributed by atoms with Crippen molar-refractivity contribution in [3.8, 4) is 5.75 Å². The van der Waals surface area contributed by atoms with Crippen molar-refractivity contribution in [2.24, 2.45) is 5.92 Å². The fraction of sp³-hybridized carbons (Fsp3) is 0.280. The van der Waals surface area contributed by atoms with Crippen molar-refractivity contribution in [3.63, 3.8) is 0 Å². The van der Waals surface area contributed by atoms with Crippen LogP contribution in [-0.2, 0) is 11.4 Å². The number of rotatable bonds is 7. The number of carbonyl (C=O) groups is 1. The molecule has 1 saturated carbocycles. The van der Waals surface area contributed by atoms with Crippen molar-refractivity contribution >= 4 is 22.9 Å². The Morgan fingerprint density at radius 3 is 2.72 bits per heavy atom. The molecule has 3 aromatic rings. The number of benzene rings is 2. The summed E-state index contributed by atoms with van der Waals surface area (Å²) in [5.74, 6) is -0.357. The van der Waals surface area contributed by atoms with Crippen molar-refractivity contribution < 1.29 is 14.6 Å². The lowest BCUT2D eigenvalue weighted by Gasteiger charge is -2.22. The van der Waals surface area contributed by atoms with Crippen LogP contribution in [0.25, 0.3) is 17.0 Å². The quantitative estimate of drug-likeness (QED) is 0.555. The topological polar surface area (TPSA) is 59.4 Å². The van der Waals surface area contributed by atoms with Crippen LogP contribution in [0.1, 0.15) is 48.4 Å². The van der Waals surface area contributed by atoms with Crippen molar-refractivity contribution in [2.75, 3.05) is 0 Å². The molecule has 1 atom stereocenters. The predicted molar refractivity (Wildman–Crippen MR) is 115 cm³/mol. The summed E-state index contributed by atoms with van der Waals surface area (Å²) in [6.07, 6.45) is 5.88. The van der Waals surface area contributed by atoms with Crippen molar-refractivity contribution in [2.45, 2.75) is 38.2 Å². The highest BCUT2D eigenvalue weighted by Gasteiger charge is 2.33. The van der Waals surface area contributed by atoms with Gasteiger partial charge in [-0.05, 0) is 54.2 Å². The summed E-state index contributed by atoms with van der Waals surface area (Å²) >= 11 is 0. The fourth-order valence-electron chi connectivity index (χ4n) is 4.33. The molecule has 1 fully saturated rings. The predicted octanol–water partition coefficient (Wildman–Crippen LogP) is 5.82. The van der Waals surface area contributed by atoms with Gasteiger partial charge in [-0.1, -0.05) is 55.8 Å². The molecule has 1 heterocycles. The molecule has 1 aliphatic carbocycles. The Morgan fingerprint density at radius 2 is 1.97 bits per heavy atom. The summed E-state index contributed by atoms with van der Waals surface area (Å²) in [5.41, 5.74) is 3.45. The third-order valence-electron chi connectivity index (χ3n) is 5.79. The smallest absolute Gasteiger partial charge is 0.311 e. The van der Waals surface area contributed by atoms with E-state index in [9.17, 15) is 9.90 Å². The molecule has 0 amide bonds.